The molecule has 0 heterocycles. The van der Waals surface area contributed by atoms with Crippen LogP contribution >= 0.6 is 0 Å². The van der Waals surface area contributed by atoms with Gasteiger partial charge in [-0.3, -0.25) is 0 Å². The van der Waals surface area contributed by atoms with Gasteiger partial charge in [-0.05, 0) is 42.8 Å². The fourth-order valence-corrected chi connectivity index (χ4v) is 1.81. The van der Waals surface area contributed by atoms with Crippen molar-refractivity contribution in [3.05, 3.63) is 48.0 Å². The summed E-state index contributed by atoms with van der Waals surface area (Å²) >= 11 is 0. The van der Waals surface area contributed by atoms with Gasteiger partial charge in [0.15, 0.2) is 0 Å². The van der Waals surface area contributed by atoms with Crippen LogP contribution in [-0.4, -0.2) is 22.8 Å². The van der Waals surface area contributed by atoms with Crippen molar-refractivity contribution in [3.8, 4) is 22.6 Å². The minimum atomic E-state index is -1.06. The number of carbonyl (C=O) groups is 1. The molecule has 2 N–H and O–H groups in total. The third kappa shape index (κ3) is 2.85. The van der Waals surface area contributed by atoms with Gasteiger partial charge in [0.2, 0.25) is 0 Å². The van der Waals surface area contributed by atoms with E-state index in [9.17, 15) is 9.90 Å². The Labute approximate surface area is 110 Å². The Kier molecular flexibility index (Phi) is 3.71. The van der Waals surface area contributed by atoms with Crippen LogP contribution in [-0.2, 0) is 0 Å². The van der Waals surface area contributed by atoms with Gasteiger partial charge in [-0.25, -0.2) is 4.79 Å². The largest absolute Gasteiger partial charge is 0.507 e. The lowest BCUT2D eigenvalue weighted by molar-refractivity contribution is 0.0696. The van der Waals surface area contributed by atoms with E-state index in [0.717, 1.165) is 11.3 Å². The van der Waals surface area contributed by atoms with Gasteiger partial charge in [0.1, 0.15) is 11.5 Å². The number of carboxylic acids is 1. The van der Waals surface area contributed by atoms with Crippen molar-refractivity contribution in [2.75, 3.05) is 6.61 Å². The normalized spacial score (nSPS) is 10.2. The molecule has 0 fully saturated rings. The smallest absolute Gasteiger partial charge is 0.335 e. The number of aromatic carboxylic acids is 1. The summed E-state index contributed by atoms with van der Waals surface area (Å²) in [7, 11) is 0. The Hall–Kier alpha value is -2.49. The maximum Gasteiger partial charge on any atom is 0.335 e. The topological polar surface area (TPSA) is 66.8 Å². The summed E-state index contributed by atoms with van der Waals surface area (Å²) < 4.78 is 5.34. The molecule has 0 saturated heterocycles. The number of carboxylic acid groups (broad SMARTS) is 1. The average Bonchev–Trinajstić information content (AvgIpc) is 2.40. The van der Waals surface area contributed by atoms with Crippen LogP contribution in [0.15, 0.2) is 42.5 Å². The van der Waals surface area contributed by atoms with Gasteiger partial charge < -0.3 is 14.9 Å². The van der Waals surface area contributed by atoms with E-state index >= 15 is 0 Å². The van der Waals surface area contributed by atoms with Crippen LogP contribution < -0.4 is 4.74 Å². The summed E-state index contributed by atoms with van der Waals surface area (Å²) in [6.07, 6.45) is 0. The lowest BCUT2D eigenvalue weighted by Crippen LogP contribution is -1.95. The van der Waals surface area contributed by atoms with Crippen molar-refractivity contribution in [2.45, 2.75) is 6.92 Å². The maximum atomic E-state index is 10.8. The van der Waals surface area contributed by atoms with Crippen LogP contribution in [0, 0.1) is 0 Å². The first kappa shape index (κ1) is 13.0. The fraction of sp³-hybridized carbons (Fsp3) is 0.133. The molecule has 0 amide bonds. The van der Waals surface area contributed by atoms with Gasteiger partial charge in [0.05, 0.1) is 12.2 Å². The third-order valence-electron chi connectivity index (χ3n) is 2.72. The van der Waals surface area contributed by atoms with E-state index in [0.29, 0.717) is 12.2 Å². The number of hydrogen-bond acceptors (Lipinski definition) is 3. The SMILES string of the molecule is CCOc1ccc(-c2ccc(C(=O)O)cc2O)cc1. The first-order valence-electron chi connectivity index (χ1n) is 5.91. The summed E-state index contributed by atoms with van der Waals surface area (Å²) in [5, 5.41) is 18.7. The average molecular weight is 258 g/mol. The second kappa shape index (κ2) is 5.44. The summed E-state index contributed by atoms with van der Waals surface area (Å²) in [5.74, 6) is -0.356. The molecule has 2 rings (SSSR count). The quantitative estimate of drug-likeness (QED) is 0.884. The number of aromatic hydroxyl groups is 1. The Morgan fingerprint density at radius 3 is 2.37 bits per heavy atom. The summed E-state index contributed by atoms with van der Waals surface area (Å²) in [6, 6.07) is 11.6. The number of phenols is 1. The second-order valence-electron chi connectivity index (χ2n) is 3.99. The molecular weight excluding hydrogens is 244 g/mol. The Morgan fingerprint density at radius 1 is 1.16 bits per heavy atom. The molecule has 0 spiro atoms. The second-order valence-corrected chi connectivity index (χ2v) is 3.99. The van der Waals surface area contributed by atoms with E-state index in [1.165, 1.54) is 12.1 Å². The first-order valence-corrected chi connectivity index (χ1v) is 5.91. The number of phenolic OH excluding ortho intramolecular Hbond substituents is 1. The van der Waals surface area contributed by atoms with Gasteiger partial charge >= 0.3 is 5.97 Å². The number of hydrogen-bond donors (Lipinski definition) is 2. The highest BCUT2D eigenvalue weighted by Gasteiger charge is 2.09. The van der Waals surface area contributed by atoms with Gasteiger partial charge in [-0.2, -0.15) is 0 Å². The van der Waals surface area contributed by atoms with Crippen molar-refractivity contribution >= 4 is 5.97 Å². The molecule has 0 saturated carbocycles. The van der Waals surface area contributed by atoms with Crippen molar-refractivity contribution in [3.63, 3.8) is 0 Å². The minimum Gasteiger partial charge on any atom is -0.507 e. The van der Waals surface area contributed by atoms with Crippen molar-refractivity contribution in [2.24, 2.45) is 0 Å². The Morgan fingerprint density at radius 2 is 1.84 bits per heavy atom. The molecule has 2 aromatic rings. The highest BCUT2D eigenvalue weighted by atomic mass is 16.5. The first-order chi connectivity index (χ1) is 9.11. The predicted octanol–water partition coefficient (Wildman–Crippen LogP) is 3.16. The van der Waals surface area contributed by atoms with E-state index in [1.54, 1.807) is 6.07 Å². The maximum absolute atomic E-state index is 10.8. The summed E-state index contributed by atoms with van der Waals surface area (Å²) in [6.45, 7) is 2.50. The molecule has 0 radical (unpaired) electrons. The van der Waals surface area contributed by atoms with Crippen molar-refractivity contribution in [1.29, 1.82) is 0 Å². The molecule has 0 bridgehead atoms. The molecule has 0 aromatic heterocycles. The molecule has 0 aliphatic heterocycles. The van der Waals surface area contributed by atoms with E-state index in [2.05, 4.69) is 0 Å². The molecule has 19 heavy (non-hydrogen) atoms. The molecular formula is C15H14O4. The van der Waals surface area contributed by atoms with Crippen LogP contribution in [0.1, 0.15) is 17.3 Å². The van der Waals surface area contributed by atoms with E-state index < -0.39 is 5.97 Å². The van der Waals surface area contributed by atoms with Crippen molar-refractivity contribution < 1.29 is 19.7 Å². The molecule has 0 aliphatic rings. The zero-order valence-corrected chi connectivity index (χ0v) is 10.5. The summed E-state index contributed by atoms with van der Waals surface area (Å²) in [5.41, 5.74) is 1.46. The fourth-order valence-electron chi connectivity index (χ4n) is 1.81. The van der Waals surface area contributed by atoms with Crippen LogP contribution in [0.2, 0.25) is 0 Å². The minimum absolute atomic E-state index is 0.0518. The molecule has 98 valence electrons. The highest BCUT2D eigenvalue weighted by molar-refractivity contribution is 5.89. The van der Waals surface area contributed by atoms with Crippen LogP contribution in [0.5, 0.6) is 11.5 Å². The predicted molar refractivity (Wildman–Crippen MR) is 71.7 cm³/mol. The van der Waals surface area contributed by atoms with E-state index in [4.69, 9.17) is 9.84 Å². The Balaban J connectivity index is 2.33. The Bertz CT molecular complexity index is 588. The zero-order valence-electron chi connectivity index (χ0n) is 10.5. The zero-order chi connectivity index (χ0) is 13.8. The van der Waals surface area contributed by atoms with Gasteiger partial charge in [-0.15, -0.1) is 0 Å². The van der Waals surface area contributed by atoms with E-state index in [1.807, 2.05) is 31.2 Å². The van der Waals surface area contributed by atoms with Crippen molar-refractivity contribution in [1.82, 2.24) is 0 Å². The summed E-state index contributed by atoms with van der Waals surface area (Å²) in [4.78, 5) is 10.8. The number of benzene rings is 2. The third-order valence-corrected chi connectivity index (χ3v) is 2.72. The molecule has 0 aliphatic carbocycles. The lowest BCUT2D eigenvalue weighted by Gasteiger charge is -2.07. The number of ether oxygens (including phenoxy) is 1. The van der Waals surface area contributed by atoms with Crippen LogP contribution in [0.3, 0.4) is 0 Å². The number of rotatable bonds is 4. The van der Waals surface area contributed by atoms with Crippen LogP contribution in [0.25, 0.3) is 11.1 Å². The molecule has 2 aromatic carbocycles. The lowest BCUT2D eigenvalue weighted by atomic mass is 10.0. The van der Waals surface area contributed by atoms with Gasteiger partial charge in [-0.1, -0.05) is 12.1 Å². The molecule has 4 heteroatoms. The monoisotopic (exact) mass is 258 g/mol. The van der Waals surface area contributed by atoms with E-state index in [-0.39, 0.29) is 11.3 Å². The molecule has 0 unspecified atom stereocenters. The molecule has 0 atom stereocenters. The highest BCUT2D eigenvalue weighted by Crippen LogP contribution is 2.31. The molecule has 4 nitrogen and oxygen atoms in total. The standard InChI is InChI=1S/C15H14O4/c1-2-19-12-6-3-10(4-7-12)13-8-5-11(15(17)18)9-14(13)16/h3-9,16H,2H2,1H3,(H,17,18). The van der Waals surface area contributed by atoms with Gasteiger partial charge in [0, 0.05) is 5.56 Å². The van der Waals surface area contributed by atoms with Crippen LogP contribution in [0.4, 0.5) is 0 Å². The van der Waals surface area contributed by atoms with Gasteiger partial charge in [0.25, 0.3) is 0 Å².